The lowest BCUT2D eigenvalue weighted by Crippen LogP contribution is -2.54. The number of benzene rings is 1. The number of nitrogens with zero attached hydrogens (tertiary/aromatic N) is 3. The van der Waals surface area contributed by atoms with E-state index in [2.05, 4.69) is 10.1 Å². The summed E-state index contributed by atoms with van der Waals surface area (Å²) < 4.78 is 16.7. The lowest BCUT2D eigenvalue weighted by Gasteiger charge is -2.43. The Morgan fingerprint density at radius 1 is 1.25 bits per heavy atom. The molecule has 1 aromatic heterocycles. The topological polar surface area (TPSA) is 77.7 Å². The van der Waals surface area contributed by atoms with Gasteiger partial charge in [-0.3, -0.25) is 4.79 Å². The second-order valence-corrected chi connectivity index (χ2v) is 7.32. The van der Waals surface area contributed by atoms with E-state index in [9.17, 15) is 4.79 Å². The number of hydrogen-bond acceptors (Lipinski definition) is 6. The molecule has 150 valence electrons. The van der Waals surface area contributed by atoms with Crippen molar-refractivity contribution in [3.05, 3.63) is 30.2 Å². The summed E-state index contributed by atoms with van der Waals surface area (Å²) in [6.45, 7) is 3.90. The quantitative estimate of drug-likeness (QED) is 0.760. The van der Waals surface area contributed by atoms with Crippen LogP contribution in [-0.4, -0.2) is 52.9 Å². The Labute approximate surface area is 165 Å². The van der Waals surface area contributed by atoms with E-state index in [4.69, 9.17) is 14.0 Å². The van der Waals surface area contributed by atoms with Crippen molar-refractivity contribution in [2.75, 3.05) is 19.8 Å². The first-order valence-electron chi connectivity index (χ1n) is 10.2. The van der Waals surface area contributed by atoms with E-state index < -0.39 is 0 Å². The summed E-state index contributed by atoms with van der Waals surface area (Å²) in [6.07, 6.45) is 5.51. The zero-order valence-corrected chi connectivity index (χ0v) is 16.3. The lowest BCUT2D eigenvalue weighted by molar-refractivity contribution is -0.149. The summed E-state index contributed by atoms with van der Waals surface area (Å²) in [7, 11) is 0. The second-order valence-electron chi connectivity index (χ2n) is 7.32. The fourth-order valence-electron chi connectivity index (χ4n) is 4.10. The van der Waals surface area contributed by atoms with Gasteiger partial charge in [0.2, 0.25) is 17.6 Å². The number of carbonyl (C=O) groups is 1. The molecular weight excluding hydrogens is 358 g/mol. The van der Waals surface area contributed by atoms with Gasteiger partial charge in [-0.25, -0.2) is 0 Å². The Hall–Kier alpha value is -2.41. The molecule has 1 aliphatic heterocycles. The van der Waals surface area contributed by atoms with E-state index in [1.165, 1.54) is 12.8 Å². The molecule has 1 saturated carbocycles. The number of morpholine rings is 1. The summed E-state index contributed by atoms with van der Waals surface area (Å²) in [5.74, 6) is 1.99. The zero-order valence-electron chi connectivity index (χ0n) is 16.3. The smallest absolute Gasteiger partial charge is 0.227 e. The Kier molecular flexibility index (Phi) is 5.90. The molecule has 2 unspecified atom stereocenters. The van der Waals surface area contributed by atoms with Crippen LogP contribution in [-0.2, 0) is 16.0 Å². The van der Waals surface area contributed by atoms with Crippen molar-refractivity contribution in [1.82, 2.24) is 15.0 Å². The van der Waals surface area contributed by atoms with E-state index in [0.29, 0.717) is 44.3 Å². The van der Waals surface area contributed by atoms with Gasteiger partial charge in [-0.05, 0) is 44.0 Å². The van der Waals surface area contributed by atoms with E-state index in [-0.39, 0.29) is 18.1 Å². The molecule has 1 aliphatic carbocycles. The predicted molar refractivity (Wildman–Crippen MR) is 103 cm³/mol. The molecule has 2 atom stereocenters. The van der Waals surface area contributed by atoms with Crippen LogP contribution in [0.3, 0.4) is 0 Å². The van der Waals surface area contributed by atoms with Crippen LogP contribution in [0.2, 0.25) is 0 Å². The van der Waals surface area contributed by atoms with Crippen molar-refractivity contribution in [3.63, 3.8) is 0 Å². The van der Waals surface area contributed by atoms with Crippen molar-refractivity contribution in [1.29, 1.82) is 0 Å². The van der Waals surface area contributed by atoms with Crippen LogP contribution in [0.1, 0.15) is 44.9 Å². The lowest BCUT2D eigenvalue weighted by atomic mass is 9.90. The maximum atomic E-state index is 12.8. The van der Waals surface area contributed by atoms with Crippen LogP contribution in [0.5, 0.6) is 5.75 Å². The average Bonchev–Trinajstić information content (AvgIpc) is 3.21. The van der Waals surface area contributed by atoms with Crippen LogP contribution in [0, 0.1) is 0 Å². The first-order valence-corrected chi connectivity index (χ1v) is 10.2. The SMILES string of the molecule is CCOc1ccc(-c2noc(CCC(=O)N3CCOC4CCCCC43)n2)cc1. The number of aromatic nitrogens is 2. The van der Waals surface area contributed by atoms with Gasteiger partial charge in [0, 0.05) is 24.9 Å². The van der Waals surface area contributed by atoms with Crippen LogP contribution < -0.4 is 4.74 Å². The van der Waals surface area contributed by atoms with Gasteiger partial charge in [0.25, 0.3) is 0 Å². The molecule has 2 aliphatic rings. The fourth-order valence-corrected chi connectivity index (χ4v) is 4.10. The van der Waals surface area contributed by atoms with Crippen molar-refractivity contribution in [2.24, 2.45) is 0 Å². The van der Waals surface area contributed by atoms with E-state index >= 15 is 0 Å². The van der Waals surface area contributed by atoms with Gasteiger partial charge in [-0.15, -0.1) is 0 Å². The minimum atomic E-state index is 0.154. The van der Waals surface area contributed by atoms with Gasteiger partial charge in [0.05, 0.1) is 25.4 Å². The Balaban J connectivity index is 1.34. The normalized spacial score (nSPS) is 22.0. The molecule has 1 saturated heterocycles. The number of aryl methyl sites for hydroxylation is 1. The molecule has 7 heteroatoms. The summed E-state index contributed by atoms with van der Waals surface area (Å²) in [5.41, 5.74) is 0.864. The van der Waals surface area contributed by atoms with Crippen molar-refractivity contribution in [2.45, 2.75) is 57.6 Å². The van der Waals surface area contributed by atoms with E-state index in [1.807, 2.05) is 36.1 Å². The minimum Gasteiger partial charge on any atom is -0.494 e. The molecule has 1 amide bonds. The highest BCUT2D eigenvalue weighted by atomic mass is 16.5. The van der Waals surface area contributed by atoms with Gasteiger partial charge >= 0.3 is 0 Å². The number of fused-ring (bicyclic) bond motifs is 1. The van der Waals surface area contributed by atoms with E-state index in [1.54, 1.807) is 0 Å². The fraction of sp³-hybridized carbons (Fsp3) is 0.571. The van der Waals surface area contributed by atoms with Crippen molar-refractivity contribution in [3.8, 4) is 17.1 Å². The molecule has 2 heterocycles. The van der Waals surface area contributed by atoms with E-state index in [0.717, 1.165) is 24.2 Å². The molecule has 28 heavy (non-hydrogen) atoms. The number of rotatable bonds is 6. The molecule has 0 radical (unpaired) electrons. The van der Waals surface area contributed by atoms with Gasteiger partial charge in [0.15, 0.2) is 0 Å². The molecule has 0 spiro atoms. The Bertz CT molecular complexity index is 787. The highest BCUT2D eigenvalue weighted by molar-refractivity contribution is 5.77. The molecule has 7 nitrogen and oxygen atoms in total. The van der Waals surface area contributed by atoms with Gasteiger partial charge in [-0.2, -0.15) is 4.98 Å². The molecule has 0 bridgehead atoms. The van der Waals surface area contributed by atoms with Gasteiger partial charge in [-0.1, -0.05) is 18.0 Å². The zero-order chi connectivity index (χ0) is 19.3. The van der Waals surface area contributed by atoms with Crippen LogP contribution in [0.15, 0.2) is 28.8 Å². The van der Waals surface area contributed by atoms with Crippen molar-refractivity contribution < 1.29 is 18.8 Å². The molecule has 1 aromatic carbocycles. The average molecular weight is 385 g/mol. The standard InChI is InChI=1S/C21H27N3O4/c1-2-26-16-9-7-15(8-10-16)21-22-19(28-23-21)11-12-20(25)24-13-14-27-18-6-4-3-5-17(18)24/h7-10,17-18H,2-6,11-14H2,1H3. The summed E-state index contributed by atoms with van der Waals surface area (Å²) in [5, 5.41) is 4.05. The molecular formula is C21H27N3O4. The highest BCUT2D eigenvalue weighted by Crippen LogP contribution is 2.29. The number of ether oxygens (including phenoxy) is 2. The predicted octanol–water partition coefficient (Wildman–Crippen LogP) is 3.24. The highest BCUT2D eigenvalue weighted by Gasteiger charge is 2.36. The molecule has 2 aromatic rings. The minimum absolute atomic E-state index is 0.154. The van der Waals surface area contributed by atoms with Gasteiger partial charge < -0.3 is 18.9 Å². The van der Waals surface area contributed by atoms with Gasteiger partial charge in [0.1, 0.15) is 5.75 Å². The number of hydrogen-bond donors (Lipinski definition) is 0. The maximum Gasteiger partial charge on any atom is 0.227 e. The molecule has 4 rings (SSSR count). The largest absolute Gasteiger partial charge is 0.494 e. The third-order valence-corrected chi connectivity index (χ3v) is 5.50. The van der Waals surface area contributed by atoms with Crippen LogP contribution in [0.25, 0.3) is 11.4 Å². The number of amides is 1. The van der Waals surface area contributed by atoms with Crippen LogP contribution in [0.4, 0.5) is 0 Å². The molecule has 0 N–H and O–H groups in total. The third kappa shape index (κ3) is 4.19. The Morgan fingerprint density at radius 2 is 2.07 bits per heavy atom. The summed E-state index contributed by atoms with van der Waals surface area (Å²) in [6, 6.07) is 7.82. The first kappa shape index (κ1) is 18.9. The summed E-state index contributed by atoms with van der Waals surface area (Å²) in [4.78, 5) is 19.2. The van der Waals surface area contributed by atoms with Crippen LogP contribution >= 0.6 is 0 Å². The molecule has 2 fully saturated rings. The maximum absolute atomic E-state index is 12.8. The summed E-state index contributed by atoms with van der Waals surface area (Å²) >= 11 is 0. The first-order chi connectivity index (χ1) is 13.7. The number of carbonyl (C=O) groups excluding carboxylic acids is 1. The Morgan fingerprint density at radius 3 is 2.89 bits per heavy atom. The third-order valence-electron chi connectivity index (χ3n) is 5.50. The monoisotopic (exact) mass is 385 g/mol. The van der Waals surface area contributed by atoms with Crippen molar-refractivity contribution >= 4 is 5.91 Å². The second kappa shape index (κ2) is 8.73.